The fraction of sp³-hybridized carbons (Fsp3) is 0.600. The molecule has 0 atom stereocenters. The highest BCUT2D eigenvalue weighted by Crippen LogP contribution is 2.11. The summed E-state index contributed by atoms with van der Waals surface area (Å²) < 4.78 is 32.8. The van der Waals surface area contributed by atoms with E-state index in [0.29, 0.717) is 12.1 Å². The van der Waals surface area contributed by atoms with Gasteiger partial charge in [0.15, 0.2) is 0 Å². The summed E-state index contributed by atoms with van der Waals surface area (Å²) in [5.41, 5.74) is 0.630. The third-order valence-corrected chi connectivity index (χ3v) is 2.81. The molecule has 4 nitrogen and oxygen atoms in total. The SMILES string of the molecule is COC(=O)Cc1csc(CCOCC(F)F)n1. The summed E-state index contributed by atoms with van der Waals surface area (Å²) in [6.45, 7) is -0.351. The molecule has 0 N–H and O–H groups in total. The van der Waals surface area contributed by atoms with Gasteiger partial charge in [0.05, 0.1) is 30.8 Å². The number of aromatic nitrogens is 1. The molecule has 1 aromatic heterocycles. The largest absolute Gasteiger partial charge is 0.469 e. The first-order valence-electron chi connectivity index (χ1n) is 4.97. The minimum Gasteiger partial charge on any atom is -0.469 e. The number of rotatable bonds is 7. The molecule has 0 amide bonds. The predicted molar refractivity (Wildman–Crippen MR) is 58.4 cm³/mol. The number of carbonyl (C=O) groups excluding carboxylic acids is 1. The highest BCUT2D eigenvalue weighted by Gasteiger charge is 2.08. The Morgan fingerprint density at radius 2 is 2.35 bits per heavy atom. The van der Waals surface area contributed by atoms with Gasteiger partial charge < -0.3 is 9.47 Å². The van der Waals surface area contributed by atoms with Crippen LogP contribution in [0.2, 0.25) is 0 Å². The van der Waals surface area contributed by atoms with Crippen LogP contribution in [0.5, 0.6) is 0 Å². The van der Waals surface area contributed by atoms with Crippen LogP contribution in [0.4, 0.5) is 8.78 Å². The number of hydrogen-bond acceptors (Lipinski definition) is 5. The average molecular weight is 265 g/mol. The summed E-state index contributed by atoms with van der Waals surface area (Å²) in [5.74, 6) is -0.351. The standard InChI is InChI=1S/C10H13F2NO3S/c1-15-10(14)4-7-6-17-9(13-7)2-3-16-5-8(11)12/h6,8H,2-5H2,1H3. The van der Waals surface area contributed by atoms with Crippen LogP contribution in [0.3, 0.4) is 0 Å². The summed E-state index contributed by atoms with van der Waals surface area (Å²) in [6, 6.07) is 0. The van der Waals surface area contributed by atoms with Crippen LogP contribution in [-0.4, -0.2) is 37.7 Å². The number of halogens is 2. The molecule has 1 heterocycles. The smallest absolute Gasteiger partial charge is 0.311 e. The van der Waals surface area contributed by atoms with Crippen LogP contribution in [0.15, 0.2) is 5.38 Å². The fourth-order valence-corrected chi connectivity index (χ4v) is 1.88. The maximum atomic E-state index is 11.8. The van der Waals surface area contributed by atoms with Crippen molar-refractivity contribution >= 4 is 17.3 Å². The minimum absolute atomic E-state index is 0.130. The molecular weight excluding hydrogens is 252 g/mol. The molecule has 1 aromatic rings. The summed E-state index contributed by atoms with van der Waals surface area (Å²) in [7, 11) is 1.31. The summed E-state index contributed by atoms with van der Waals surface area (Å²) in [5, 5.41) is 2.51. The van der Waals surface area contributed by atoms with E-state index in [1.807, 2.05) is 0 Å². The van der Waals surface area contributed by atoms with Crippen LogP contribution in [0.25, 0.3) is 0 Å². The number of carbonyl (C=O) groups is 1. The number of hydrogen-bond donors (Lipinski definition) is 0. The third kappa shape index (κ3) is 5.69. The van der Waals surface area contributed by atoms with Crippen LogP contribution in [0, 0.1) is 0 Å². The normalized spacial score (nSPS) is 10.8. The molecule has 0 aliphatic heterocycles. The molecule has 17 heavy (non-hydrogen) atoms. The van der Waals surface area contributed by atoms with Crippen molar-refractivity contribution < 1.29 is 23.0 Å². The van der Waals surface area contributed by atoms with Crippen LogP contribution in [-0.2, 0) is 27.1 Å². The Morgan fingerprint density at radius 3 is 3.00 bits per heavy atom. The van der Waals surface area contributed by atoms with Gasteiger partial charge in [0.2, 0.25) is 0 Å². The zero-order valence-electron chi connectivity index (χ0n) is 9.32. The second kappa shape index (κ2) is 7.29. The van der Waals surface area contributed by atoms with Crippen molar-refractivity contribution in [2.75, 3.05) is 20.3 Å². The maximum Gasteiger partial charge on any atom is 0.311 e. The fourth-order valence-electron chi connectivity index (χ4n) is 1.10. The van der Waals surface area contributed by atoms with Gasteiger partial charge in [-0.3, -0.25) is 4.79 Å². The van der Waals surface area contributed by atoms with Gasteiger partial charge in [-0.05, 0) is 0 Å². The Kier molecular flexibility index (Phi) is 5.99. The molecular formula is C10H13F2NO3S. The van der Waals surface area contributed by atoms with Crippen molar-refractivity contribution in [2.45, 2.75) is 19.3 Å². The second-order valence-electron chi connectivity index (χ2n) is 3.20. The van der Waals surface area contributed by atoms with E-state index in [4.69, 9.17) is 4.74 Å². The summed E-state index contributed by atoms with van der Waals surface area (Å²) >= 11 is 1.37. The Labute approximate surface area is 102 Å². The van der Waals surface area contributed by atoms with E-state index in [0.717, 1.165) is 5.01 Å². The zero-order valence-corrected chi connectivity index (χ0v) is 10.1. The van der Waals surface area contributed by atoms with E-state index in [1.165, 1.54) is 18.4 Å². The van der Waals surface area contributed by atoms with Crippen molar-refractivity contribution in [3.05, 3.63) is 16.1 Å². The van der Waals surface area contributed by atoms with Gasteiger partial charge in [-0.2, -0.15) is 0 Å². The molecule has 0 aliphatic carbocycles. The minimum atomic E-state index is -2.44. The monoisotopic (exact) mass is 265 g/mol. The topological polar surface area (TPSA) is 48.4 Å². The van der Waals surface area contributed by atoms with Crippen LogP contribution < -0.4 is 0 Å². The Bertz CT molecular complexity index is 357. The molecule has 0 saturated carbocycles. The number of nitrogens with zero attached hydrogens (tertiary/aromatic N) is 1. The van der Waals surface area contributed by atoms with Crippen molar-refractivity contribution in [2.24, 2.45) is 0 Å². The zero-order chi connectivity index (χ0) is 12.7. The van der Waals surface area contributed by atoms with E-state index in [9.17, 15) is 13.6 Å². The second-order valence-corrected chi connectivity index (χ2v) is 4.14. The number of thiazole rings is 1. The average Bonchev–Trinajstić information content (AvgIpc) is 2.72. The Hall–Kier alpha value is -1.08. The van der Waals surface area contributed by atoms with Gasteiger partial charge in [0.1, 0.15) is 6.61 Å². The highest BCUT2D eigenvalue weighted by atomic mass is 32.1. The van der Waals surface area contributed by atoms with E-state index >= 15 is 0 Å². The summed E-state index contributed by atoms with van der Waals surface area (Å²) in [6.07, 6.45) is -1.84. The molecule has 0 saturated heterocycles. The van der Waals surface area contributed by atoms with Gasteiger partial charge in [0.25, 0.3) is 6.43 Å². The quantitative estimate of drug-likeness (QED) is 0.556. The number of methoxy groups -OCH3 is 1. The van der Waals surface area contributed by atoms with Gasteiger partial charge in [-0.1, -0.05) is 0 Å². The van der Waals surface area contributed by atoms with E-state index < -0.39 is 13.0 Å². The van der Waals surface area contributed by atoms with Gasteiger partial charge in [-0.15, -0.1) is 11.3 Å². The lowest BCUT2D eigenvalue weighted by atomic mass is 10.3. The first-order chi connectivity index (χ1) is 8.11. The molecule has 0 bridgehead atoms. The maximum absolute atomic E-state index is 11.8. The highest BCUT2D eigenvalue weighted by molar-refractivity contribution is 7.09. The summed E-state index contributed by atoms with van der Waals surface area (Å²) in [4.78, 5) is 15.1. The molecule has 0 aliphatic rings. The molecule has 0 fully saturated rings. The third-order valence-electron chi connectivity index (χ3n) is 1.86. The number of ether oxygens (including phenoxy) is 2. The molecule has 96 valence electrons. The lowest BCUT2D eigenvalue weighted by molar-refractivity contribution is -0.139. The van der Waals surface area contributed by atoms with Crippen molar-refractivity contribution in [1.82, 2.24) is 4.98 Å². The van der Waals surface area contributed by atoms with E-state index in [2.05, 4.69) is 9.72 Å². The van der Waals surface area contributed by atoms with Gasteiger partial charge in [-0.25, -0.2) is 13.8 Å². The lowest BCUT2D eigenvalue weighted by Crippen LogP contribution is -2.07. The molecule has 0 radical (unpaired) electrons. The van der Waals surface area contributed by atoms with Crippen molar-refractivity contribution in [3.8, 4) is 0 Å². The molecule has 7 heteroatoms. The first kappa shape index (κ1) is 14.0. The predicted octanol–water partition coefficient (Wildman–Crippen LogP) is 1.68. The van der Waals surface area contributed by atoms with Crippen LogP contribution in [0.1, 0.15) is 10.7 Å². The van der Waals surface area contributed by atoms with Gasteiger partial charge >= 0.3 is 5.97 Å². The lowest BCUT2D eigenvalue weighted by Gasteiger charge is -2.00. The molecule has 1 rings (SSSR count). The van der Waals surface area contributed by atoms with Crippen LogP contribution >= 0.6 is 11.3 Å². The molecule has 0 unspecified atom stereocenters. The Balaban J connectivity index is 2.28. The van der Waals surface area contributed by atoms with Gasteiger partial charge in [0, 0.05) is 11.8 Å². The first-order valence-corrected chi connectivity index (χ1v) is 5.85. The van der Waals surface area contributed by atoms with E-state index in [-0.39, 0.29) is 19.0 Å². The number of esters is 1. The molecule has 0 aromatic carbocycles. The van der Waals surface area contributed by atoms with Crippen molar-refractivity contribution in [1.29, 1.82) is 0 Å². The Morgan fingerprint density at radius 1 is 1.59 bits per heavy atom. The van der Waals surface area contributed by atoms with E-state index in [1.54, 1.807) is 5.38 Å². The molecule has 0 spiro atoms. The number of alkyl halides is 2. The van der Waals surface area contributed by atoms with Crippen molar-refractivity contribution in [3.63, 3.8) is 0 Å².